The lowest BCUT2D eigenvalue weighted by molar-refractivity contribution is -0.113. The molecule has 0 saturated carbocycles. The Morgan fingerprint density at radius 1 is 0.531 bits per heavy atom. The van der Waals surface area contributed by atoms with Crippen molar-refractivity contribution in [2.45, 2.75) is 11.2 Å². The molecule has 0 spiro atoms. The number of ether oxygens (including phenoxy) is 2. The minimum Gasteiger partial charge on any atom is -0.481 e. The van der Waals surface area contributed by atoms with Crippen molar-refractivity contribution >= 4 is 0 Å². The number of nitrogens with zero attached hydrogens (tertiary/aromatic N) is 2. The summed E-state index contributed by atoms with van der Waals surface area (Å²) >= 11 is 0. The monoisotopic (exact) mass is 428 g/mol. The van der Waals surface area contributed by atoms with Crippen molar-refractivity contribution in [2.75, 3.05) is 14.2 Å². The van der Waals surface area contributed by atoms with Gasteiger partial charge >= 0.3 is 0 Å². The topological polar surface area (TPSA) is 84.7 Å². The zero-order valence-electron chi connectivity index (χ0n) is 17.8. The molecule has 0 aliphatic carbocycles. The van der Waals surface area contributed by atoms with E-state index >= 15 is 0 Å². The summed E-state index contributed by atoms with van der Waals surface area (Å²) in [5, 5.41) is 25.0. The Balaban J connectivity index is 2.05. The molecule has 32 heavy (non-hydrogen) atoms. The third-order valence-electron chi connectivity index (χ3n) is 5.63. The fraction of sp³-hybridized carbons (Fsp3) is 0.154. The van der Waals surface area contributed by atoms with Crippen LogP contribution in [0.1, 0.15) is 22.3 Å². The summed E-state index contributed by atoms with van der Waals surface area (Å²) in [6.07, 6.45) is 3.02. The Hall–Kier alpha value is -3.74. The van der Waals surface area contributed by atoms with E-state index in [1.54, 1.807) is 48.5 Å². The van der Waals surface area contributed by atoms with Crippen molar-refractivity contribution in [3.05, 3.63) is 120 Å². The maximum atomic E-state index is 12.5. The second-order valence-electron chi connectivity index (χ2n) is 7.33. The maximum absolute atomic E-state index is 12.5. The molecule has 6 nitrogen and oxygen atoms in total. The minimum atomic E-state index is -1.91. The number of hydrogen-bond acceptors (Lipinski definition) is 6. The predicted molar refractivity (Wildman–Crippen MR) is 120 cm³/mol. The van der Waals surface area contributed by atoms with Gasteiger partial charge in [0.05, 0.1) is 14.2 Å². The highest BCUT2D eigenvalue weighted by atomic mass is 16.5. The van der Waals surface area contributed by atoms with E-state index in [1.165, 1.54) is 26.6 Å². The van der Waals surface area contributed by atoms with Crippen LogP contribution in [0, 0.1) is 0 Å². The van der Waals surface area contributed by atoms with Crippen molar-refractivity contribution < 1.29 is 19.7 Å². The van der Waals surface area contributed by atoms with Crippen LogP contribution in [0.25, 0.3) is 0 Å². The van der Waals surface area contributed by atoms with Crippen molar-refractivity contribution in [3.63, 3.8) is 0 Å². The number of benzene rings is 2. The maximum Gasteiger partial charge on any atom is 0.212 e. The molecule has 0 bridgehead atoms. The average molecular weight is 428 g/mol. The first-order valence-electron chi connectivity index (χ1n) is 10.1. The van der Waals surface area contributed by atoms with Crippen LogP contribution >= 0.6 is 0 Å². The number of aromatic nitrogens is 2. The molecule has 2 unspecified atom stereocenters. The Morgan fingerprint density at radius 3 is 1.19 bits per heavy atom. The molecule has 2 heterocycles. The van der Waals surface area contributed by atoms with Crippen molar-refractivity contribution in [2.24, 2.45) is 0 Å². The molecule has 0 saturated heterocycles. The quantitative estimate of drug-likeness (QED) is 0.467. The number of aliphatic hydroxyl groups is 2. The van der Waals surface area contributed by atoms with E-state index in [-0.39, 0.29) is 0 Å². The molecule has 0 fully saturated rings. The summed E-state index contributed by atoms with van der Waals surface area (Å²) in [4.78, 5) is 8.58. The van der Waals surface area contributed by atoms with Gasteiger partial charge in [0.15, 0.2) is 11.2 Å². The Labute approximate surface area is 186 Å². The lowest BCUT2D eigenvalue weighted by Gasteiger charge is -2.44. The van der Waals surface area contributed by atoms with Crippen LogP contribution in [0.2, 0.25) is 0 Å². The van der Waals surface area contributed by atoms with Gasteiger partial charge in [-0.3, -0.25) is 0 Å². The normalized spacial score (nSPS) is 14.8. The van der Waals surface area contributed by atoms with Gasteiger partial charge in [0.25, 0.3) is 0 Å². The number of hydrogen-bond donors (Lipinski definition) is 2. The predicted octanol–water partition coefficient (Wildman–Crippen LogP) is 3.67. The average Bonchev–Trinajstić information content (AvgIpc) is 2.88. The third-order valence-corrected chi connectivity index (χ3v) is 5.63. The van der Waals surface area contributed by atoms with Gasteiger partial charge in [-0.15, -0.1) is 0 Å². The summed E-state index contributed by atoms with van der Waals surface area (Å²) in [6, 6.07) is 24.8. The fourth-order valence-electron chi connectivity index (χ4n) is 3.96. The number of pyridine rings is 2. The summed E-state index contributed by atoms with van der Waals surface area (Å²) in [5.74, 6) is 0.803. The highest BCUT2D eigenvalue weighted by Gasteiger charge is 2.54. The van der Waals surface area contributed by atoms with E-state index in [2.05, 4.69) is 9.97 Å². The van der Waals surface area contributed by atoms with Crippen LogP contribution in [0.4, 0.5) is 0 Å². The SMILES string of the molecule is COc1ccc(C(O)(c2ccccc2)C(O)(c2ccccc2)c2ccc(OC)nc2)cn1. The fourth-order valence-corrected chi connectivity index (χ4v) is 3.96. The second-order valence-corrected chi connectivity index (χ2v) is 7.33. The number of methoxy groups -OCH3 is 2. The van der Waals surface area contributed by atoms with Crippen LogP contribution in [0.15, 0.2) is 97.3 Å². The molecule has 2 aromatic carbocycles. The van der Waals surface area contributed by atoms with E-state index in [1.807, 2.05) is 36.4 Å². The molecule has 0 radical (unpaired) electrons. The summed E-state index contributed by atoms with van der Waals surface area (Å²) in [5.41, 5.74) is -2.04. The van der Waals surface area contributed by atoms with Gasteiger partial charge in [0.1, 0.15) is 0 Å². The van der Waals surface area contributed by atoms with E-state index in [9.17, 15) is 10.2 Å². The van der Waals surface area contributed by atoms with Crippen molar-refractivity contribution in [1.29, 1.82) is 0 Å². The van der Waals surface area contributed by atoms with Crippen LogP contribution < -0.4 is 9.47 Å². The number of rotatable bonds is 7. The van der Waals surface area contributed by atoms with Crippen LogP contribution in [-0.2, 0) is 11.2 Å². The molecule has 6 heteroatoms. The molecular formula is C26H24N2O4. The van der Waals surface area contributed by atoms with E-state index in [0.29, 0.717) is 34.0 Å². The molecule has 162 valence electrons. The van der Waals surface area contributed by atoms with E-state index in [4.69, 9.17) is 9.47 Å². The Morgan fingerprint density at radius 2 is 0.906 bits per heavy atom. The van der Waals surface area contributed by atoms with Gasteiger partial charge in [0.2, 0.25) is 11.8 Å². The zero-order chi connectivity index (χ0) is 22.6. The van der Waals surface area contributed by atoms with Crippen LogP contribution in [0.3, 0.4) is 0 Å². The molecular weight excluding hydrogens is 404 g/mol. The molecule has 2 atom stereocenters. The molecule has 0 aliphatic heterocycles. The first kappa shape index (κ1) is 21.5. The zero-order valence-corrected chi connectivity index (χ0v) is 17.8. The standard InChI is InChI=1S/C26H24N2O4/c1-31-23-15-13-21(17-27-23)25(29,19-9-5-3-6-10-19)26(30,20-11-7-4-8-12-20)22-14-16-24(32-2)28-18-22/h3-18,29-30H,1-2H3. The van der Waals surface area contributed by atoms with Gasteiger partial charge in [-0.05, 0) is 23.3 Å². The van der Waals surface area contributed by atoms with Gasteiger partial charge < -0.3 is 19.7 Å². The highest BCUT2D eigenvalue weighted by molar-refractivity contribution is 5.50. The highest BCUT2D eigenvalue weighted by Crippen LogP contribution is 2.49. The molecule has 4 rings (SSSR count). The first-order chi connectivity index (χ1) is 15.5. The lowest BCUT2D eigenvalue weighted by Crippen LogP contribution is -2.51. The van der Waals surface area contributed by atoms with E-state index < -0.39 is 11.2 Å². The van der Waals surface area contributed by atoms with Gasteiger partial charge in [-0.1, -0.05) is 60.7 Å². The summed E-state index contributed by atoms with van der Waals surface area (Å²) in [6.45, 7) is 0. The van der Waals surface area contributed by atoms with Crippen molar-refractivity contribution in [1.82, 2.24) is 9.97 Å². The minimum absolute atomic E-state index is 0.395. The summed E-state index contributed by atoms with van der Waals surface area (Å²) < 4.78 is 10.4. The van der Waals surface area contributed by atoms with Gasteiger partial charge in [-0.2, -0.15) is 0 Å². The third kappa shape index (κ3) is 3.49. The van der Waals surface area contributed by atoms with Crippen LogP contribution in [0.5, 0.6) is 11.8 Å². The van der Waals surface area contributed by atoms with Gasteiger partial charge in [0, 0.05) is 35.7 Å². The lowest BCUT2D eigenvalue weighted by atomic mass is 9.67. The molecule has 4 aromatic rings. The van der Waals surface area contributed by atoms with Crippen LogP contribution in [-0.4, -0.2) is 34.4 Å². The first-order valence-corrected chi connectivity index (χ1v) is 10.1. The molecule has 0 amide bonds. The molecule has 2 aromatic heterocycles. The van der Waals surface area contributed by atoms with Gasteiger partial charge in [-0.25, -0.2) is 9.97 Å². The Bertz CT molecular complexity index is 1060. The molecule has 0 aliphatic rings. The molecule has 2 N–H and O–H groups in total. The largest absolute Gasteiger partial charge is 0.481 e. The van der Waals surface area contributed by atoms with Crippen molar-refractivity contribution in [3.8, 4) is 11.8 Å². The second kappa shape index (κ2) is 8.78. The smallest absolute Gasteiger partial charge is 0.212 e. The van der Waals surface area contributed by atoms with E-state index in [0.717, 1.165) is 0 Å². The summed E-state index contributed by atoms with van der Waals surface area (Å²) in [7, 11) is 3.05. The Kier molecular flexibility index (Phi) is 5.90.